The molecule has 8 nitrogen and oxygen atoms in total. The maximum absolute atomic E-state index is 12.2. The second-order valence-corrected chi connectivity index (χ2v) is 6.89. The van der Waals surface area contributed by atoms with Gasteiger partial charge in [-0.1, -0.05) is 11.6 Å². The Morgan fingerprint density at radius 3 is 2.81 bits per heavy atom. The van der Waals surface area contributed by atoms with Crippen LogP contribution in [-0.4, -0.2) is 43.8 Å². The molecule has 0 aromatic heterocycles. The molecular formula is C11H13ClN2O6S. The van der Waals surface area contributed by atoms with Gasteiger partial charge in [-0.25, -0.2) is 13.1 Å². The molecule has 0 aliphatic carbocycles. The van der Waals surface area contributed by atoms with Gasteiger partial charge in [0.15, 0.2) is 4.90 Å². The highest BCUT2D eigenvalue weighted by atomic mass is 35.5. The summed E-state index contributed by atoms with van der Waals surface area (Å²) in [6.07, 6.45) is 0.290. The molecule has 10 heteroatoms. The summed E-state index contributed by atoms with van der Waals surface area (Å²) >= 11 is 5.64. The summed E-state index contributed by atoms with van der Waals surface area (Å²) < 4.78 is 31.5. The Morgan fingerprint density at radius 2 is 2.24 bits per heavy atom. The molecule has 1 aromatic rings. The number of nitrogens with one attached hydrogen (secondary N) is 1. The lowest BCUT2D eigenvalue weighted by Crippen LogP contribution is -2.43. The number of hydrogen-bond acceptors (Lipinski definition) is 6. The average molecular weight is 337 g/mol. The molecule has 21 heavy (non-hydrogen) atoms. The predicted molar refractivity (Wildman–Crippen MR) is 73.7 cm³/mol. The smallest absolute Gasteiger partial charge is 0.290 e. The molecule has 116 valence electrons. The second kappa shape index (κ2) is 5.85. The van der Waals surface area contributed by atoms with E-state index < -0.39 is 31.1 Å². The van der Waals surface area contributed by atoms with Crippen LogP contribution in [0.4, 0.5) is 5.69 Å². The normalized spacial score (nSPS) is 22.4. The second-order valence-electron chi connectivity index (χ2n) is 4.72. The first-order chi connectivity index (χ1) is 9.73. The number of aliphatic hydroxyl groups is 1. The maximum Gasteiger partial charge on any atom is 0.290 e. The van der Waals surface area contributed by atoms with Crippen LogP contribution in [0.25, 0.3) is 0 Å². The molecule has 2 rings (SSSR count). The van der Waals surface area contributed by atoms with E-state index in [1.807, 2.05) is 0 Å². The molecule has 0 bridgehead atoms. The van der Waals surface area contributed by atoms with E-state index in [1.165, 1.54) is 6.07 Å². The molecule has 1 aliphatic rings. The summed E-state index contributed by atoms with van der Waals surface area (Å²) in [5.41, 5.74) is -1.92. The van der Waals surface area contributed by atoms with E-state index in [-0.39, 0.29) is 24.6 Å². The Hall–Kier alpha value is -1.26. The summed E-state index contributed by atoms with van der Waals surface area (Å²) in [6.45, 7) is 0.0622. The van der Waals surface area contributed by atoms with Crippen LogP contribution in [0, 0.1) is 10.1 Å². The third kappa shape index (κ3) is 3.69. The van der Waals surface area contributed by atoms with Crippen molar-refractivity contribution in [2.75, 3.05) is 19.8 Å². The van der Waals surface area contributed by atoms with E-state index in [0.29, 0.717) is 6.61 Å². The number of nitro groups is 1. The van der Waals surface area contributed by atoms with E-state index in [4.69, 9.17) is 16.3 Å². The van der Waals surface area contributed by atoms with Crippen LogP contribution >= 0.6 is 11.6 Å². The molecule has 0 saturated carbocycles. The number of sulfonamides is 1. The third-order valence-electron chi connectivity index (χ3n) is 3.08. The zero-order valence-corrected chi connectivity index (χ0v) is 12.4. The van der Waals surface area contributed by atoms with E-state index in [9.17, 15) is 23.6 Å². The quantitative estimate of drug-likeness (QED) is 0.602. The van der Waals surface area contributed by atoms with Crippen LogP contribution in [0.5, 0.6) is 0 Å². The van der Waals surface area contributed by atoms with Crippen LogP contribution in [0.15, 0.2) is 23.1 Å². The first-order valence-corrected chi connectivity index (χ1v) is 7.83. The molecule has 1 saturated heterocycles. The minimum absolute atomic E-state index is 0.0121. The number of nitro benzene ring substituents is 1. The van der Waals surface area contributed by atoms with Gasteiger partial charge in [0, 0.05) is 30.7 Å². The molecule has 1 heterocycles. The fourth-order valence-corrected chi connectivity index (χ4v) is 3.34. The molecular weight excluding hydrogens is 324 g/mol. The number of benzene rings is 1. The fourth-order valence-electron chi connectivity index (χ4n) is 1.90. The van der Waals surface area contributed by atoms with E-state index in [2.05, 4.69) is 4.72 Å². The minimum Gasteiger partial charge on any atom is -0.386 e. The highest BCUT2D eigenvalue weighted by Gasteiger charge is 2.35. The molecule has 1 aromatic carbocycles. The minimum atomic E-state index is -4.14. The van der Waals surface area contributed by atoms with Gasteiger partial charge < -0.3 is 9.84 Å². The Bertz CT molecular complexity index is 657. The van der Waals surface area contributed by atoms with Crippen molar-refractivity contribution in [3.05, 3.63) is 33.3 Å². The predicted octanol–water partition coefficient (Wildman–Crippen LogP) is 0.678. The van der Waals surface area contributed by atoms with Crippen molar-refractivity contribution in [2.24, 2.45) is 0 Å². The Labute approximate surface area is 125 Å². The SMILES string of the molecule is O=[N+]([O-])c1cc(Cl)ccc1S(=O)(=O)NCC1(O)CCOC1. The number of rotatable bonds is 5. The van der Waals surface area contributed by atoms with Crippen molar-refractivity contribution in [1.29, 1.82) is 0 Å². The van der Waals surface area contributed by atoms with Crippen molar-refractivity contribution in [1.82, 2.24) is 4.72 Å². The first-order valence-electron chi connectivity index (χ1n) is 5.97. The van der Waals surface area contributed by atoms with Crippen LogP contribution in [0.2, 0.25) is 5.02 Å². The van der Waals surface area contributed by atoms with E-state index in [0.717, 1.165) is 12.1 Å². The summed E-state index contributed by atoms with van der Waals surface area (Å²) in [6, 6.07) is 3.26. The van der Waals surface area contributed by atoms with Gasteiger partial charge in [0.2, 0.25) is 10.0 Å². The summed E-state index contributed by atoms with van der Waals surface area (Å²) in [5.74, 6) is 0. The number of halogens is 1. The highest BCUT2D eigenvalue weighted by Crippen LogP contribution is 2.27. The maximum atomic E-state index is 12.2. The van der Waals surface area contributed by atoms with Crippen LogP contribution in [0.3, 0.4) is 0 Å². The van der Waals surface area contributed by atoms with Crippen molar-refractivity contribution in [3.8, 4) is 0 Å². The van der Waals surface area contributed by atoms with Gasteiger partial charge in [0.1, 0.15) is 5.60 Å². The summed E-state index contributed by atoms with van der Waals surface area (Å²) in [5, 5.41) is 21.0. The monoisotopic (exact) mass is 336 g/mol. The lowest BCUT2D eigenvalue weighted by molar-refractivity contribution is -0.387. The van der Waals surface area contributed by atoms with Gasteiger partial charge in [0.05, 0.1) is 11.5 Å². The molecule has 2 N–H and O–H groups in total. The third-order valence-corrected chi connectivity index (χ3v) is 4.76. The zero-order valence-electron chi connectivity index (χ0n) is 10.8. The van der Waals surface area contributed by atoms with Crippen LogP contribution in [0.1, 0.15) is 6.42 Å². The van der Waals surface area contributed by atoms with Crippen molar-refractivity contribution in [3.63, 3.8) is 0 Å². The highest BCUT2D eigenvalue weighted by molar-refractivity contribution is 7.89. The van der Waals surface area contributed by atoms with Crippen molar-refractivity contribution >= 4 is 27.3 Å². The molecule has 1 unspecified atom stereocenters. The molecule has 0 radical (unpaired) electrons. The Balaban J connectivity index is 2.25. The topological polar surface area (TPSA) is 119 Å². The average Bonchev–Trinajstić information content (AvgIpc) is 2.84. The standard InChI is InChI=1S/C11H13ClN2O6S/c12-8-1-2-10(9(5-8)14(16)17)21(18,19)13-6-11(15)3-4-20-7-11/h1-2,5,13,15H,3-4,6-7H2. The first kappa shape index (κ1) is 16.1. The lowest BCUT2D eigenvalue weighted by Gasteiger charge is -2.20. The molecule has 1 atom stereocenters. The Kier molecular flexibility index (Phi) is 4.49. The molecule has 1 fully saturated rings. The summed E-state index contributed by atoms with van der Waals surface area (Å²) in [4.78, 5) is 9.60. The number of hydrogen-bond donors (Lipinski definition) is 2. The van der Waals surface area contributed by atoms with Crippen molar-refractivity contribution in [2.45, 2.75) is 16.9 Å². The fraction of sp³-hybridized carbons (Fsp3) is 0.455. The lowest BCUT2D eigenvalue weighted by atomic mass is 10.1. The van der Waals surface area contributed by atoms with Crippen LogP contribution in [-0.2, 0) is 14.8 Å². The molecule has 0 spiro atoms. The van der Waals surface area contributed by atoms with E-state index >= 15 is 0 Å². The summed E-state index contributed by atoms with van der Waals surface area (Å²) in [7, 11) is -4.14. The van der Waals surface area contributed by atoms with Gasteiger partial charge in [-0.05, 0) is 12.1 Å². The van der Waals surface area contributed by atoms with Gasteiger partial charge in [-0.15, -0.1) is 0 Å². The van der Waals surface area contributed by atoms with Gasteiger partial charge in [-0.3, -0.25) is 10.1 Å². The van der Waals surface area contributed by atoms with Crippen LogP contribution < -0.4 is 4.72 Å². The Morgan fingerprint density at radius 1 is 1.52 bits per heavy atom. The van der Waals surface area contributed by atoms with Gasteiger partial charge in [-0.2, -0.15) is 0 Å². The van der Waals surface area contributed by atoms with Gasteiger partial charge >= 0.3 is 0 Å². The number of ether oxygens (including phenoxy) is 1. The van der Waals surface area contributed by atoms with E-state index in [1.54, 1.807) is 0 Å². The number of nitrogens with zero attached hydrogens (tertiary/aromatic N) is 1. The van der Waals surface area contributed by atoms with Crippen molar-refractivity contribution < 1.29 is 23.2 Å². The van der Waals surface area contributed by atoms with Gasteiger partial charge in [0.25, 0.3) is 5.69 Å². The molecule has 0 amide bonds. The molecule has 1 aliphatic heterocycles. The largest absolute Gasteiger partial charge is 0.386 e. The zero-order chi connectivity index (χ0) is 15.7.